The normalized spacial score (nSPS) is 17.3. The molecule has 1 N–H and O–H groups in total. The van der Waals surface area contributed by atoms with Crippen molar-refractivity contribution in [1.29, 1.82) is 0 Å². The predicted molar refractivity (Wildman–Crippen MR) is 96.9 cm³/mol. The first-order chi connectivity index (χ1) is 12.5. The van der Waals surface area contributed by atoms with Crippen LogP contribution >= 0.6 is 11.3 Å². The Balaban J connectivity index is 1.70. The summed E-state index contributed by atoms with van der Waals surface area (Å²) < 4.78 is 13.8. The fourth-order valence-electron chi connectivity index (χ4n) is 3.30. The molecule has 5 nitrogen and oxygen atoms in total. The van der Waals surface area contributed by atoms with Crippen LogP contribution in [0, 0.1) is 5.82 Å². The van der Waals surface area contributed by atoms with E-state index in [1.165, 1.54) is 17.4 Å². The number of nitrogens with zero attached hydrogens (tertiary/aromatic N) is 2. The molecule has 0 bridgehead atoms. The lowest BCUT2D eigenvalue weighted by molar-refractivity contribution is -0.137. The molecular weight excluding hydrogens is 355 g/mol. The molecule has 1 aromatic heterocycles. The molecule has 1 aliphatic heterocycles. The van der Waals surface area contributed by atoms with Gasteiger partial charge >= 0.3 is 5.97 Å². The number of halogens is 1. The summed E-state index contributed by atoms with van der Waals surface area (Å²) in [6.07, 6.45) is 5.21. The van der Waals surface area contributed by atoms with E-state index in [0.29, 0.717) is 34.8 Å². The summed E-state index contributed by atoms with van der Waals surface area (Å²) in [6.45, 7) is 0.643. The Kier molecular flexibility index (Phi) is 5.98. The number of carbonyl (C=O) groups is 2. The van der Waals surface area contributed by atoms with E-state index in [4.69, 9.17) is 5.11 Å². The third-order valence-corrected chi connectivity index (χ3v) is 5.63. The highest BCUT2D eigenvalue weighted by molar-refractivity contribution is 7.13. The Morgan fingerprint density at radius 3 is 2.88 bits per heavy atom. The van der Waals surface area contributed by atoms with Crippen LogP contribution in [-0.4, -0.2) is 39.5 Å². The minimum atomic E-state index is -0.840. The standard InChI is InChI=1S/C19H21FN2O3S/c20-15-7-2-1-5-13(15)11-17-21-12-16(26-17)19(25)22-10-4-3-6-14(22)8-9-18(23)24/h1-2,5,7,12,14H,3-4,6,8-11H2,(H,23,24). The topological polar surface area (TPSA) is 70.5 Å². The van der Waals surface area contributed by atoms with Gasteiger partial charge in [-0.3, -0.25) is 9.59 Å². The first-order valence-corrected chi connectivity index (χ1v) is 9.57. The Morgan fingerprint density at radius 1 is 1.31 bits per heavy atom. The van der Waals surface area contributed by atoms with Gasteiger partial charge in [-0.2, -0.15) is 0 Å². The fraction of sp³-hybridized carbons (Fsp3) is 0.421. The number of rotatable bonds is 6. The molecule has 1 unspecified atom stereocenters. The van der Waals surface area contributed by atoms with E-state index in [1.807, 2.05) is 0 Å². The van der Waals surface area contributed by atoms with Gasteiger partial charge in [0.05, 0.1) is 11.2 Å². The molecule has 1 atom stereocenters. The fourth-order valence-corrected chi connectivity index (χ4v) is 4.19. The SMILES string of the molecule is O=C(O)CCC1CCCCN1C(=O)c1cnc(Cc2ccccc2F)s1. The number of hydrogen-bond acceptors (Lipinski definition) is 4. The number of aliphatic carboxylic acids is 1. The Hall–Kier alpha value is -2.28. The number of carboxylic acids is 1. The van der Waals surface area contributed by atoms with E-state index in [9.17, 15) is 14.0 Å². The molecule has 0 saturated carbocycles. The van der Waals surface area contributed by atoms with Crippen LogP contribution in [0.25, 0.3) is 0 Å². The van der Waals surface area contributed by atoms with Gasteiger partial charge in [0.25, 0.3) is 5.91 Å². The summed E-state index contributed by atoms with van der Waals surface area (Å²) in [5.74, 6) is -1.22. The van der Waals surface area contributed by atoms with E-state index in [0.717, 1.165) is 19.3 Å². The van der Waals surface area contributed by atoms with Gasteiger partial charge in [0, 0.05) is 25.4 Å². The van der Waals surface area contributed by atoms with Crippen LogP contribution in [0.3, 0.4) is 0 Å². The van der Waals surface area contributed by atoms with Crippen molar-refractivity contribution < 1.29 is 19.1 Å². The van der Waals surface area contributed by atoms with Crippen LogP contribution in [0.1, 0.15) is 52.3 Å². The molecule has 0 aliphatic carbocycles. The molecule has 3 rings (SSSR count). The molecular formula is C19H21FN2O3S. The Labute approximate surface area is 155 Å². The van der Waals surface area contributed by atoms with Crippen molar-refractivity contribution in [3.05, 3.63) is 51.7 Å². The summed E-state index contributed by atoms with van der Waals surface area (Å²) in [6, 6.07) is 6.51. The third kappa shape index (κ3) is 4.46. The molecule has 0 spiro atoms. The van der Waals surface area contributed by atoms with E-state index in [2.05, 4.69) is 4.98 Å². The number of piperidine rings is 1. The number of thiazole rings is 1. The molecule has 1 fully saturated rings. The highest BCUT2D eigenvalue weighted by Gasteiger charge is 2.29. The van der Waals surface area contributed by atoms with Crippen molar-refractivity contribution >= 4 is 23.2 Å². The van der Waals surface area contributed by atoms with Gasteiger partial charge in [-0.1, -0.05) is 18.2 Å². The van der Waals surface area contributed by atoms with E-state index >= 15 is 0 Å². The minimum Gasteiger partial charge on any atom is -0.481 e. The molecule has 26 heavy (non-hydrogen) atoms. The largest absolute Gasteiger partial charge is 0.481 e. The average Bonchev–Trinajstić information content (AvgIpc) is 3.10. The summed E-state index contributed by atoms with van der Waals surface area (Å²) in [7, 11) is 0. The van der Waals surface area contributed by atoms with Crippen molar-refractivity contribution in [1.82, 2.24) is 9.88 Å². The highest BCUT2D eigenvalue weighted by atomic mass is 32.1. The van der Waals surface area contributed by atoms with Crippen LogP contribution in [0.4, 0.5) is 4.39 Å². The van der Waals surface area contributed by atoms with Crippen LogP contribution in [0.2, 0.25) is 0 Å². The number of likely N-dealkylation sites (tertiary alicyclic amines) is 1. The second-order valence-corrected chi connectivity index (χ2v) is 7.58. The molecule has 1 aliphatic rings. The number of amides is 1. The first-order valence-electron chi connectivity index (χ1n) is 8.75. The number of aromatic nitrogens is 1. The van der Waals surface area contributed by atoms with E-state index < -0.39 is 5.97 Å². The lowest BCUT2D eigenvalue weighted by atomic mass is 9.97. The number of benzene rings is 1. The quantitative estimate of drug-likeness (QED) is 0.834. The molecule has 2 heterocycles. The van der Waals surface area contributed by atoms with Gasteiger partial charge in [-0.05, 0) is 37.3 Å². The Morgan fingerprint density at radius 2 is 2.12 bits per heavy atom. The van der Waals surface area contributed by atoms with Gasteiger partial charge in [-0.15, -0.1) is 11.3 Å². The van der Waals surface area contributed by atoms with E-state index in [-0.39, 0.29) is 24.2 Å². The lowest BCUT2D eigenvalue weighted by Crippen LogP contribution is -2.43. The number of carboxylic acid groups (broad SMARTS) is 1. The molecule has 1 amide bonds. The lowest BCUT2D eigenvalue weighted by Gasteiger charge is -2.35. The van der Waals surface area contributed by atoms with E-state index in [1.54, 1.807) is 29.3 Å². The van der Waals surface area contributed by atoms with Crippen molar-refractivity contribution in [3.8, 4) is 0 Å². The molecule has 0 radical (unpaired) electrons. The second kappa shape index (κ2) is 8.40. The van der Waals surface area contributed by atoms with Gasteiger partial charge in [0.15, 0.2) is 0 Å². The second-order valence-electron chi connectivity index (χ2n) is 6.47. The molecule has 138 valence electrons. The van der Waals surface area contributed by atoms with Gasteiger partial charge in [0.1, 0.15) is 10.7 Å². The van der Waals surface area contributed by atoms with Crippen LogP contribution < -0.4 is 0 Å². The monoisotopic (exact) mass is 376 g/mol. The zero-order valence-electron chi connectivity index (χ0n) is 14.4. The first kappa shape index (κ1) is 18.5. The van der Waals surface area contributed by atoms with Crippen molar-refractivity contribution in [2.75, 3.05) is 6.54 Å². The van der Waals surface area contributed by atoms with Gasteiger partial charge in [0.2, 0.25) is 0 Å². The molecule has 2 aromatic rings. The van der Waals surface area contributed by atoms with Gasteiger partial charge < -0.3 is 10.0 Å². The number of hydrogen-bond donors (Lipinski definition) is 1. The van der Waals surface area contributed by atoms with Crippen LogP contribution in [-0.2, 0) is 11.2 Å². The maximum atomic E-state index is 13.8. The van der Waals surface area contributed by atoms with Gasteiger partial charge in [-0.25, -0.2) is 9.37 Å². The highest BCUT2D eigenvalue weighted by Crippen LogP contribution is 2.26. The van der Waals surface area contributed by atoms with Crippen molar-refractivity contribution in [3.63, 3.8) is 0 Å². The molecule has 7 heteroatoms. The third-order valence-electron chi connectivity index (χ3n) is 4.64. The van der Waals surface area contributed by atoms with Crippen molar-refractivity contribution in [2.45, 2.75) is 44.6 Å². The number of carbonyl (C=O) groups excluding carboxylic acids is 1. The predicted octanol–water partition coefficient (Wildman–Crippen LogP) is 3.73. The molecule has 1 aromatic carbocycles. The van der Waals surface area contributed by atoms with Crippen molar-refractivity contribution in [2.24, 2.45) is 0 Å². The van der Waals surface area contributed by atoms with Crippen LogP contribution in [0.15, 0.2) is 30.5 Å². The zero-order valence-corrected chi connectivity index (χ0v) is 15.2. The smallest absolute Gasteiger partial charge is 0.303 e. The summed E-state index contributed by atoms with van der Waals surface area (Å²) in [4.78, 5) is 30.3. The summed E-state index contributed by atoms with van der Waals surface area (Å²) >= 11 is 1.28. The average molecular weight is 376 g/mol. The summed E-state index contributed by atoms with van der Waals surface area (Å²) in [5, 5.41) is 9.60. The Bertz CT molecular complexity index is 793. The van der Waals surface area contributed by atoms with Crippen LogP contribution in [0.5, 0.6) is 0 Å². The maximum absolute atomic E-state index is 13.8. The summed E-state index contributed by atoms with van der Waals surface area (Å²) in [5.41, 5.74) is 0.554. The minimum absolute atomic E-state index is 0.0375. The molecule has 1 saturated heterocycles. The maximum Gasteiger partial charge on any atom is 0.303 e. The zero-order chi connectivity index (χ0) is 18.5.